The average molecular weight is 408 g/mol. The summed E-state index contributed by atoms with van der Waals surface area (Å²) in [6, 6.07) is 6.38. The van der Waals surface area contributed by atoms with Crippen LogP contribution in [0.3, 0.4) is 0 Å². The van der Waals surface area contributed by atoms with Gasteiger partial charge in [-0.25, -0.2) is 14.4 Å². The van der Waals surface area contributed by atoms with Crippen LogP contribution in [0.2, 0.25) is 0 Å². The molecule has 8 heteroatoms. The maximum atomic E-state index is 14.0. The quantitative estimate of drug-likeness (QED) is 0.632. The van der Waals surface area contributed by atoms with Crippen LogP contribution in [0.5, 0.6) is 0 Å². The van der Waals surface area contributed by atoms with E-state index in [2.05, 4.69) is 21.9 Å². The number of hydrogen-bond donors (Lipinski definition) is 3. The molecule has 3 rings (SSSR count). The van der Waals surface area contributed by atoms with Gasteiger partial charge in [-0.1, -0.05) is 6.58 Å². The molecule has 0 saturated carbocycles. The lowest BCUT2D eigenvalue weighted by atomic mass is 9.97. The Bertz CT molecular complexity index is 943. The molecule has 7 nitrogen and oxygen atoms in total. The van der Waals surface area contributed by atoms with Gasteiger partial charge in [0.1, 0.15) is 23.2 Å². The van der Waals surface area contributed by atoms with Gasteiger partial charge in [0.25, 0.3) is 0 Å². The monoisotopic (exact) mass is 407 g/mol. The average Bonchev–Trinajstić information content (AvgIpc) is 2.66. The van der Waals surface area contributed by atoms with E-state index in [0.717, 1.165) is 0 Å². The summed E-state index contributed by atoms with van der Waals surface area (Å²) in [7, 11) is 0. The highest BCUT2D eigenvalue weighted by Gasteiger charge is 2.27. The van der Waals surface area contributed by atoms with Crippen molar-refractivity contribution in [2.75, 3.05) is 30.3 Å². The van der Waals surface area contributed by atoms with Gasteiger partial charge >= 0.3 is 0 Å². The molecule has 1 aliphatic heterocycles. The molecular weight excluding hydrogens is 373 g/mol. The minimum absolute atomic E-state index is 0. The fourth-order valence-corrected chi connectivity index (χ4v) is 3.53. The van der Waals surface area contributed by atoms with Crippen molar-refractivity contribution in [1.82, 2.24) is 15.3 Å². The fraction of sp³-hybridized carbons (Fsp3) is 0.381. The Balaban J connectivity index is 0. The summed E-state index contributed by atoms with van der Waals surface area (Å²) in [5, 5.41) is 13.5. The van der Waals surface area contributed by atoms with Crippen LogP contribution in [0.15, 0.2) is 37.0 Å². The zero-order chi connectivity index (χ0) is 21.2. The predicted octanol–water partition coefficient (Wildman–Crippen LogP) is 3.15. The third kappa shape index (κ3) is 4.96. The van der Waals surface area contributed by atoms with E-state index in [0.29, 0.717) is 31.9 Å². The van der Waals surface area contributed by atoms with Crippen LogP contribution < -0.4 is 16.0 Å². The van der Waals surface area contributed by atoms with E-state index in [9.17, 15) is 14.3 Å². The first-order chi connectivity index (χ1) is 13.7. The van der Waals surface area contributed by atoms with Crippen molar-refractivity contribution in [2.45, 2.75) is 31.9 Å². The fourth-order valence-electron chi connectivity index (χ4n) is 3.53. The van der Waals surface area contributed by atoms with E-state index in [1.165, 1.54) is 18.3 Å². The highest BCUT2D eigenvalue weighted by Crippen LogP contribution is 2.26. The smallest absolute Gasteiger partial charge is 0.215 e. The number of nitrogen functional groups attached to an aromatic ring is 1. The van der Waals surface area contributed by atoms with E-state index >= 15 is 0 Å². The second-order valence-corrected chi connectivity index (χ2v) is 7.85. The molecule has 162 valence electrons. The molecule has 1 saturated heterocycles. The van der Waals surface area contributed by atoms with Crippen LogP contribution >= 0.6 is 0 Å². The van der Waals surface area contributed by atoms with Crippen LogP contribution in [0.1, 0.15) is 47.6 Å². The van der Waals surface area contributed by atoms with Gasteiger partial charge in [0, 0.05) is 43.1 Å². The molecule has 29 heavy (non-hydrogen) atoms. The van der Waals surface area contributed by atoms with Crippen molar-refractivity contribution in [3.63, 3.8) is 0 Å². The van der Waals surface area contributed by atoms with Crippen LogP contribution in [0.25, 0.3) is 5.83 Å². The number of nitrogens with zero attached hydrogens (tertiary/aromatic N) is 3. The van der Waals surface area contributed by atoms with Crippen LogP contribution in [-0.2, 0) is 0 Å². The lowest BCUT2D eigenvalue weighted by Gasteiger charge is -2.37. The van der Waals surface area contributed by atoms with Crippen LogP contribution in [0.4, 0.5) is 16.0 Å². The van der Waals surface area contributed by atoms with Crippen molar-refractivity contribution in [3.8, 4) is 0 Å². The molecule has 1 fully saturated rings. The maximum absolute atomic E-state index is 14.0. The van der Waals surface area contributed by atoms with Crippen molar-refractivity contribution in [1.29, 1.82) is 0 Å². The Labute approximate surface area is 175 Å². The summed E-state index contributed by atoms with van der Waals surface area (Å²) in [5.74, 6) is -0.625. The molecule has 0 amide bonds. The number of rotatable bonds is 6. The highest BCUT2D eigenvalue weighted by atomic mass is 19.1. The van der Waals surface area contributed by atoms with Gasteiger partial charge in [0.05, 0.1) is 11.2 Å². The molecule has 2 aromatic heterocycles. The van der Waals surface area contributed by atoms with Crippen molar-refractivity contribution in [3.05, 3.63) is 53.9 Å². The Hall–Kier alpha value is -2.84. The molecule has 1 aliphatic rings. The molecule has 0 spiro atoms. The predicted molar refractivity (Wildman–Crippen MR) is 120 cm³/mol. The number of carbonyl (C=O) groups is 1. The SMILES string of the molecule is C=C(F)c1ccc(N2CCNC(CC(C)(C)O)C2)nc1C(=O)c1cccnc1N.[HH].[HH].[HH].[HH]. The third-order valence-electron chi connectivity index (χ3n) is 4.80. The number of pyridine rings is 2. The first kappa shape index (κ1) is 20.9. The summed E-state index contributed by atoms with van der Waals surface area (Å²) in [5.41, 5.74) is 5.17. The zero-order valence-corrected chi connectivity index (χ0v) is 16.7. The number of ketones is 1. The number of hydrogen-bond acceptors (Lipinski definition) is 7. The molecule has 2 aromatic rings. The molecule has 4 N–H and O–H groups in total. The molecule has 1 unspecified atom stereocenters. The summed E-state index contributed by atoms with van der Waals surface area (Å²) in [6.45, 7) is 8.84. The summed E-state index contributed by atoms with van der Waals surface area (Å²) in [4.78, 5) is 23.4. The van der Waals surface area contributed by atoms with Gasteiger partial charge < -0.3 is 21.1 Å². The number of carbonyl (C=O) groups excluding carboxylic acids is 1. The van der Waals surface area contributed by atoms with Gasteiger partial charge in [-0.3, -0.25) is 4.79 Å². The first-order valence-electron chi connectivity index (χ1n) is 9.47. The topological polar surface area (TPSA) is 104 Å². The minimum atomic E-state index is -0.803. The van der Waals surface area contributed by atoms with Crippen molar-refractivity contribution >= 4 is 23.2 Å². The number of aromatic nitrogens is 2. The van der Waals surface area contributed by atoms with E-state index < -0.39 is 17.2 Å². The highest BCUT2D eigenvalue weighted by molar-refractivity contribution is 6.12. The van der Waals surface area contributed by atoms with Gasteiger partial charge in [0.2, 0.25) is 5.78 Å². The standard InChI is InChI=1S/C21H26FN5O2.4H2/c1-13(22)15-6-7-17(27-10-9-24-14(12-27)11-21(2,3)29)26-18(15)19(28)16-5-4-8-25-20(16)23;;;;/h4-8,14,24,29H,1,9-12H2,2-3H3,(H2,23,25);4*1H. The Morgan fingerprint density at radius 1 is 1.45 bits per heavy atom. The lowest BCUT2D eigenvalue weighted by molar-refractivity contribution is 0.0586. The number of anilines is 2. The van der Waals surface area contributed by atoms with E-state index in [4.69, 9.17) is 5.73 Å². The molecule has 3 heterocycles. The van der Waals surface area contributed by atoms with Gasteiger partial charge in [-0.2, -0.15) is 0 Å². The molecule has 1 atom stereocenters. The Morgan fingerprint density at radius 3 is 2.86 bits per heavy atom. The summed E-state index contributed by atoms with van der Waals surface area (Å²) < 4.78 is 14.0. The molecule has 0 radical (unpaired) electrons. The number of aliphatic hydroxyl groups is 1. The van der Waals surface area contributed by atoms with Crippen molar-refractivity contribution in [2.24, 2.45) is 0 Å². The van der Waals surface area contributed by atoms with Gasteiger partial charge in [-0.15, -0.1) is 0 Å². The first-order valence-corrected chi connectivity index (χ1v) is 9.47. The third-order valence-corrected chi connectivity index (χ3v) is 4.80. The van der Waals surface area contributed by atoms with Crippen molar-refractivity contribution < 1.29 is 20.0 Å². The number of nitrogens with one attached hydrogen (secondary N) is 1. The molecule has 0 aliphatic carbocycles. The minimum Gasteiger partial charge on any atom is -0.390 e. The van der Waals surface area contributed by atoms with E-state index in [1.54, 1.807) is 26.0 Å². The number of halogens is 1. The van der Waals surface area contributed by atoms with Crippen LogP contribution in [0, 0.1) is 0 Å². The zero-order valence-electron chi connectivity index (χ0n) is 16.7. The van der Waals surface area contributed by atoms with E-state index in [-0.39, 0.29) is 34.4 Å². The van der Waals surface area contributed by atoms with Gasteiger partial charge in [0.15, 0.2) is 0 Å². The molecule has 0 bridgehead atoms. The van der Waals surface area contributed by atoms with E-state index in [1.807, 2.05) is 4.90 Å². The van der Waals surface area contributed by atoms with Gasteiger partial charge in [-0.05, 0) is 44.5 Å². The normalized spacial score (nSPS) is 17.2. The molecular formula is C21H34FN5O2. The largest absolute Gasteiger partial charge is 0.390 e. The maximum Gasteiger partial charge on any atom is 0.215 e. The van der Waals surface area contributed by atoms with Crippen LogP contribution in [-0.4, -0.2) is 52.1 Å². The summed E-state index contributed by atoms with van der Waals surface area (Å²) in [6.07, 6.45) is 2.05. The second-order valence-electron chi connectivity index (χ2n) is 7.85. The Morgan fingerprint density at radius 2 is 2.21 bits per heavy atom. The number of piperazine rings is 1. The molecule has 0 aromatic carbocycles. The number of nitrogens with two attached hydrogens (primary N) is 1. The summed E-state index contributed by atoms with van der Waals surface area (Å²) >= 11 is 0. The Kier molecular flexibility index (Phi) is 5.95. The second kappa shape index (κ2) is 8.26. The lowest BCUT2D eigenvalue weighted by Crippen LogP contribution is -2.53.